The Hall–Kier alpha value is -1.90. The monoisotopic (exact) mass is 329 g/mol. The van der Waals surface area contributed by atoms with Crippen LogP contribution in [0.25, 0.3) is 0 Å². The van der Waals surface area contributed by atoms with Crippen molar-refractivity contribution in [2.75, 3.05) is 0 Å². The number of aromatic nitrogens is 2. The van der Waals surface area contributed by atoms with E-state index in [-0.39, 0.29) is 22.0 Å². The van der Waals surface area contributed by atoms with Crippen molar-refractivity contribution in [2.45, 2.75) is 11.4 Å². The summed E-state index contributed by atoms with van der Waals surface area (Å²) in [7, 11) is -2.05. The van der Waals surface area contributed by atoms with Crippen LogP contribution in [0.5, 0.6) is 0 Å². The fourth-order valence-electron chi connectivity index (χ4n) is 1.66. The van der Waals surface area contributed by atoms with Crippen LogP contribution in [0.15, 0.2) is 35.5 Å². The maximum atomic E-state index is 12.1. The lowest BCUT2D eigenvalue weighted by Gasteiger charge is -2.07. The van der Waals surface area contributed by atoms with E-state index in [1.165, 1.54) is 6.07 Å². The van der Waals surface area contributed by atoms with Crippen molar-refractivity contribution in [3.63, 3.8) is 0 Å². The maximum Gasteiger partial charge on any atom is 0.337 e. The van der Waals surface area contributed by atoms with Gasteiger partial charge in [0.05, 0.1) is 21.7 Å². The van der Waals surface area contributed by atoms with E-state index in [2.05, 4.69) is 9.82 Å². The van der Waals surface area contributed by atoms with Crippen LogP contribution in [0.3, 0.4) is 0 Å². The van der Waals surface area contributed by atoms with Crippen LogP contribution in [-0.2, 0) is 23.6 Å². The van der Waals surface area contributed by atoms with Gasteiger partial charge in [0.2, 0.25) is 10.0 Å². The second-order valence-corrected chi connectivity index (χ2v) is 6.47. The number of nitrogens with zero attached hydrogens (tertiary/aromatic N) is 2. The molecule has 0 radical (unpaired) electrons. The van der Waals surface area contributed by atoms with Gasteiger partial charge in [-0.2, -0.15) is 5.10 Å². The number of nitrogens with one attached hydrogen (secondary N) is 1. The first-order valence-electron chi connectivity index (χ1n) is 5.79. The Morgan fingerprint density at radius 3 is 2.71 bits per heavy atom. The Kier molecular flexibility index (Phi) is 4.31. The molecule has 0 saturated carbocycles. The van der Waals surface area contributed by atoms with Gasteiger partial charge in [0.15, 0.2) is 0 Å². The van der Waals surface area contributed by atoms with E-state index in [0.29, 0.717) is 5.56 Å². The molecule has 0 unspecified atom stereocenters. The minimum absolute atomic E-state index is 0.0779. The van der Waals surface area contributed by atoms with E-state index in [0.717, 1.165) is 12.1 Å². The molecule has 0 aliphatic carbocycles. The van der Waals surface area contributed by atoms with E-state index >= 15 is 0 Å². The summed E-state index contributed by atoms with van der Waals surface area (Å²) in [6.45, 7) is 0.0779. The Morgan fingerprint density at radius 1 is 1.48 bits per heavy atom. The average Bonchev–Trinajstić information content (AvgIpc) is 2.82. The molecule has 112 valence electrons. The van der Waals surface area contributed by atoms with E-state index in [1.807, 2.05) is 0 Å². The van der Waals surface area contributed by atoms with Gasteiger partial charge in [-0.05, 0) is 18.2 Å². The first-order chi connectivity index (χ1) is 9.79. The normalized spacial score (nSPS) is 11.5. The third-order valence-corrected chi connectivity index (χ3v) is 4.42. The molecule has 1 aromatic carbocycles. The van der Waals surface area contributed by atoms with Crippen LogP contribution in [0.1, 0.15) is 15.9 Å². The summed E-state index contributed by atoms with van der Waals surface area (Å²) < 4.78 is 28.2. The minimum Gasteiger partial charge on any atom is -0.478 e. The number of hydrogen-bond donors (Lipinski definition) is 2. The van der Waals surface area contributed by atoms with Crippen LogP contribution >= 0.6 is 11.6 Å². The molecule has 1 heterocycles. The Labute approximate surface area is 126 Å². The summed E-state index contributed by atoms with van der Waals surface area (Å²) in [5.74, 6) is -1.22. The number of rotatable bonds is 5. The highest BCUT2D eigenvalue weighted by molar-refractivity contribution is 7.89. The standard InChI is InChI=1S/C12H12ClN3O4S/c1-16-7-8(5-14-16)6-15-21(19,20)9-2-3-10(12(17)18)11(13)4-9/h2-5,7,15H,6H2,1H3,(H,17,18). The lowest BCUT2D eigenvalue weighted by molar-refractivity contribution is 0.0697. The highest BCUT2D eigenvalue weighted by atomic mass is 35.5. The first kappa shape index (κ1) is 15.5. The van der Waals surface area contributed by atoms with Crippen LogP contribution in [0, 0.1) is 0 Å². The molecule has 0 fully saturated rings. The van der Waals surface area contributed by atoms with Crippen molar-refractivity contribution in [2.24, 2.45) is 7.05 Å². The molecule has 0 amide bonds. The SMILES string of the molecule is Cn1cc(CNS(=O)(=O)c2ccc(C(=O)O)c(Cl)c2)cn1. The minimum atomic E-state index is -3.78. The van der Waals surface area contributed by atoms with Crippen LogP contribution in [0.2, 0.25) is 5.02 Å². The van der Waals surface area contributed by atoms with Gasteiger partial charge in [-0.25, -0.2) is 17.9 Å². The Bertz CT molecular complexity index is 786. The van der Waals surface area contributed by atoms with Gasteiger partial charge >= 0.3 is 5.97 Å². The maximum absolute atomic E-state index is 12.1. The van der Waals surface area contributed by atoms with Gasteiger partial charge in [0.25, 0.3) is 0 Å². The molecular formula is C12H12ClN3O4S. The zero-order valence-electron chi connectivity index (χ0n) is 10.9. The lowest BCUT2D eigenvalue weighted by atomic mass is 10.2. The molecular weight excluding hydrogens is 318 g/mol. The third kappa shape index (κ3) is 3.60. The molecule has 21 heavy (non-hydrogen) atoms. The largest absolute Gasteiger partial charge is 0.478 e. The summed E-state index contributed by atoms with van der Waals surface area (Å²) in [5, 5.41) is 12.7. The van der Waals surface area contributed by atoms with E-state index in [4.69, 9.17) is 16.7 Å². The molecule has 0 saturated heterocycles. The second kappa shape index (κ2) is 5.84. The molecule has 0 aliphatic rings. The van der Waals surface area contributed by atoms with Crippen molar-refractivity contribution >= 4 is 27.6 Å². The summed E-state index contributed by atoms with van der Waals surface area (Å²) in [4.78, 5) is 10.7. The highest BCUT2D eigenvalue weighted by Gasteiger charge is 2.17. The van der Waals surface area contributed by atoms with Crippen molar-refractivity contribution in [1.82, 2.24) is 14.5 Å². The fourth-order valence-corrected chi connectivity index (χ4v) is 3.03. The van der Waals surface area contributed by atoms with E-state index < -0.39 is 16.0 Å². The summed E-state index contributed by atoms with van der Waals surface area (Å²) in [6.07, 6.45) is 3.23. The Morgan fingerprint density at radius 2 is 2.19 bits per heavy atom. The predicted octanol–water partition coefficient (Wildman–Crippen LogP) is 1.25. The predicted molar refractivity (Wildman–Crippen MR) is 75.6 cm³/mol. The van der Waals surface area contributed by atoms with Crippen LogP contribution in [-0.4, -0.2) is 29.3 Å². The number of halogens is 1. The van der Waals surface area contributed by atoms with Gasteiger partial charge in [-0.1, -0.05) is 11.6 Å². The molecule has 2 rings (SSSR count). The molecule has 2 aromatic rings. The lowest BCUT2D eigenvalue weighted by Crippen LogP contribution is -2.23. The zero-order valence-corrected chi connectivity index (χ0v) is 12.5. The average molecular weight is 330 g/mol. The summed E-state index contributed by atoms with van der Waals surface area (Å²) in [5.41, 5.74) is 0.553. The van der Waals surface area contributed by atoms with E-state index in [9.17, 15) is 13.2 Å². The number of carboxylic acids is 1. The molecule has 0 atom stereocenters. The second-order valence-electron chi connectivity index (χ2n) is 4.29. The molecule has 9 heteroatoms. The Balaban J connectivity index is 2.19. The summed E-state index contributed by atoms with van der Waals surface area (Å²) >= 11 is 5.76. The van der Waals surface area contributed by atoms with E-state index in [1.54, 1.807) is 24.1 Å². The van der Waals surface area contributed by atoms with Gasteiger partial charge in [0, 0.05) is 25.4 Å². The smallest absolute Gasteiger partial charge is 0.337 e. The first-order valence-corrected chi connectivity index (χ1v) is 7.66. The molecule has 7 nitrogen and oxygen atoms in total. The van der Waals surface area contributed by atoms with Gasteiger partial charge in [-0.3, -0.25) is 4.68 Å². The fraction of sp³-hybridized carbons (Fsp3) is 0.167. The molecule has 1 aromatic heterocycles. The third-order valence-electron chi connectivity index (χ3n) is 2.71. The molecule has 0 spiro atoms. The number of hydrogen-bond acceptors (Lipinski definition) is 4. The molecule has 0 bridgehead atoms. The molecule has 2 N–H and O–H groups in total. The number of carbonyl (C=O) groups is 1. The number of aryl methyl sites for hydroxylation is 1. The van der Waals surface area contributed by atoms with Gasteiger partial charge in [0.1, 0.15) is 0 Å². The molecule has 0 aliphatic heterocycles. The zero-order chi connectivity index (χ0) is 15.6. The number of benzene rings is 1. The van der Waals surface area contributed by atoms with Crippen molar-refractivity contribution < 1.29 is 18.3 Å². The van der Waals surface area contributed by atoms with Gasteiger partial charge in [-0.15, -0.1) is 0 Å². The van der Waals surface area contributed by atoms with Crippen LogP contribution in [0.4, 0.5) is 0 Å². The number of carboxylic acid groups (broad SMARTS) is 1. The van der Waals surface area contributed by atoms with Crippen LogP contribution < -0.4 is 4.72 Å². The van der Waals surface area contributed by atoms with Gasteiger partial charge < -0.3 is 5.11 Å². The highest BCUT2D eigenvalue weighted by Crippen LogP contribution is 2.21. The van der Waals surface area contributed by atoms with Crippen molar-refractivity contribution in [3.8, 4) is 0 Å². The quantitative estimate of drug-likeness (QED) is 0.859. The summed E-state index contributed by atoms with van der Waals surface area (Å²) in [6, 6.07) is 3.46. The van der Waals surface area contributed by atoms with Crippen molar-refractivity contribution in [3.05, 3.63) is 46.7 Å². The number of sulfonamides is 1. The topological polar surface area (TPSA) is 101 Å². The van der Waals surface area contributed by atoms with Crippen molar-refractivity contribution in [1.29, 1.82) is 0 Å². The number of aromatic carboxylic acids is 1.